The maximum absolute atomic E-state index is 13.6. The van der Waals surface area contributed by atoms with Crippen molar-refractivity contribution in [2.24, 2.45) is 0 Å². The maximum Gasteiger partial charge on any atom is 0.262 e. The van der Waals surface area contributed by atoms with Crippen molar-refractivity contribution in [1.29, 1.82) is 0 Å². The minimum absolute atomic E-state index is 0.0301. The molecule has 0 radical (unpaired) electrons. The summed E-state index contributed by atoms with van der Waals surface area (Å²) in [6, 6.07) is 32.4. The Kier molecular flexibility index (Phi) is 15.0. The zero-order valence-electron chi connectivity index (χ0n) is 34.0. The molecule has 1 atom stereocenters. The average Bonchev–Trinajstić information content (AvgIpc) is 4.10. The van der Waals surface area contributed by atoms with Crippen LogP contribution in [0.5, 0.6) is 23.0 Å². The third-order valence-electron chi connectivity index (χ3n) is 9.80. The average molecular weight is 859 g/mol. The summed E-state index contributed by atoms with van der Waals surface area (Å²) in [4.78, 5) is 0. The Morgan fingerprint density at radius 2 is 1.03 bits per heavy atom. The summed E-state index contributed by atoms with van der Waals surface area (Å²) in [7, 11) is -1.20. The molecule has 17 heteroatoms. The number of benzene rings is 4. The molecule has 1 N–H and O–H groups in total. The van der Waals surface area contributed by atoms with E-state index in [1.165, 1.54) is 20.9 Å². The minimum atomic E-state index is -3.84. The van der Waals surface area contributed by atoms with Gasteiger partial charge in [0.1, 0.15) is 23.0 Å². The van der Waals surface area contributed by atoms with E-state index < -0.39 is 20.0 Å². The fourth-order valence-corrected chi connectivity index (χ4v) is 9.09. The monoisotopic (exact) mass is 858 g/mol. The zero-order valence-corrected chi connectivity index (χ0v) is 35.6. The topological polar surface area (TPSA) is 167 Å². The lowest BCUT2D eigenvalue weighted by Crippen LogP contribution is -2.31. The number of ether oxygens (including phenoxy) is 5. The molecular formula is C43H50N6O9S2. The van der Waals surface area contributed by atoms with Crippen LogP contribution in [0.2, 0.25) is 0 Å². The molecule has 6 aromatic rings. The van der Waals surface area contributed by atoms with Crippen molar-refractivity contribution < 1.29 is 40.5 Å². The van der Waals surface area contributed by atoms with Crippen molar-refractivity contribution in [3.8, 4) is 23.0 Å². The molecule has 60 heavy (non-hydrogen) atoms. The number of aromatic amines is 1. The normalized spacial score (nSPS) is 14.1. The second kappa shape index (κ2) is 20.5. The summed E-state index contributed by atoms with van der Waals surface area (Å²) in [5.41, 5.74) is 3.41. The Labute approximate surface area is 351 Å². The fourth-order valence-electron chi connectivity index (χ4n) is 6.43. The third kappa shape index (κ3) is 11.5. The molecule has 1 fully saturated rings. The van der Waals surface area contributed by atoms with Crippen molar-refractivity contribution in [3.05, 3.63) is 144 Å². The highest BCUT2D eigenvalue weighted by Crippen LogP contribution is 2.25. The van der Waals surface area contributed by atoms with Crippen LogP contribution >= 0.6 is 0 Å². The number of nitrogens with one attached hydrogen (secondary N) is 1. The van der Waals surface area contributed by atoms with E-state index in [0.717, 1.165) is 64.7 Å². The number of hydrogen-bond donors (Lipinski definition) is 1. The highest BCUT2D eigenvalue weighted by Gasteiger charge is 2.29. The number of hydrogen-bond acceptors (Lipinski definition) is 11. The Morgan fingerprint density at radius 3 is 1.38 bits per heavy atom. The predicted molar refractivity (Wildman–Crippen MR) is 225 cm³/mol. The molecule has 4 aromatic carbocycles. The Bertz CT molecular complexity index is 2340. The molecule has 1 saturated heterocycles. The molecule has 0 saturated carbocycles. The lowest BCUT2D eigenvalue weighted by molar-refractivity contribution is 0.0936. The Hall–Kier alpha value is -5.72. The van der Waals surface area contributed by atoms with Crippen LogP contribution in [0.1, 0.15) is 35.1 Å². The van der Waals surface area contributed by atoms with E-state index in [2.05, 4.69) is 15.3 Å². The van der Waals surface area contributed by atoms with Gasteiger partial charge in [-0.1, -0.05) is 48.5 Å². The van der Waals surface area contributed by atoms with Crippen molar-refractivity contribution in [1.82, 2.24) is 28.6 Å². The van der Waals surface area contributed by atoms with Gasteiger partial charge in [0, 0.05) is 39.0 Å². The molecule has 318 valence electrons. The molecule has 0 aliphatic carbocycles. The Morgan fingerprint density at radius 1 is 0.617 bits per heavy atom. The van der Waals surface area contributed by atoms with Gasteiger partial charge in [0.25, 0.3) is 20.0 Å². The number of H-pyrrole nitrogens is 1. The van der Waals surface area contributed by atoms with Crippen LogP contribution < -0.4 is 18.9 Å². The van der Waals surface area contributed by atoms with Gasteiger partial charge in [-0.25, -0.2) is 16.8 Å². The minimum Gasteiger partial charge on any atom is -0.497 e. The highest BCUT2D eigenvalue weighted by molar-refractivity contribution is 7.89. The smallest absolute Gasteiger partial charge is 0.262 e. The van der Waals surface area contributed by atoms with Crippen LogP contribution in [-0.4, -0.2) is 86.6 Å². The van der Waals surface area contributed by atoms with E-state index in [1.807, 2.05) is 97.1 Å². The summed E-state index contributed by atoms with van der Waals surface area (Å²) in [5, 5.41) is 10.8. The van der Waals surface area contributed by atoms with Crippen LogP contribution in [0.4, 0.5) is 0 Å². The van der Waals surface area contributed by atoms with Gasteiger partial charge in [0.2, 0.25) is 0 Å². The number of aromatic nitrogens is 4. The lowest BCUT2D eigenvalue weighted by Gasteiger charge is -2.22. The first-order valence-corrected chi connectivity index (χ1v) is 22.0. The third-order valence-corrected chi connectivity index (χ3v) is 13.2. The van der Waals surface area contributed by atoms with Crippen molar-refractivity contribution in [3.63, 3.8) is 0 Å². The molecule has 0 amide bonds. The molecule has 1 aliphatic heterocycles. The molecule has 1 unspecified atom stereocenters. The second-order valence-corrected chi connectivity index (χ2v) is 17.7. The van der Waals surface area contributed by atoms with Crippen LogP contribution in [-0.2, 0) is 57.5 Å². The maximum atomic E-state index is 13.6. The van der Waals surface area contributed by atoms with E-state index in [4.69, 9.17) is 23.7 Å². The summed E-state index contributed by atoms with van der Waals surface area (Å²) >= 11 is 0. The molecule has 1 aliphatic rings. The van der Waals surface area contributed by atoms with Gasteiger partial charge in [-0.3, -0.25) is 9.78 Å². The van der Waals surface area contributed by atoms with Crippen molar-refractivity contribution in [2.75, 3.05) is 35.0 Å². The molecule has 15 nitrogen and oxygen atoms in total. The summed E-state index contributed by atoms with van der Waals surface area (Å²) in [6.45, 7) is 2.14. The van der Waals surface area contributed by atoms with Crippen LogP contribution in [0.25, 0.3) is 0 Å². The van der Waals surface area contributed by atoms with Gasteiger partial charge in [0.05, 0.1) is 47.3 Å². The first-order chi connectivity index (χ1) is 29.0. The predicted octanol–water partition coefficient (Wildman–Crippen LogP) is 6.29. The van der Waals surface area contributed by atoms with Crippen LogP contribution in [0, 0.1) is 0 Å². The molecule has 7 rings (SSSR count). The first kappa shape index (κ1) is 43.8. The standard InChI is InChI=1S/C24H29N3O5S.C19H21N3O4S/c1-30-21-9-5-19(6-10-21)16-27(17-20-7-11-22(31-2)12-8-20)33(28,29)24-13-14-26(25-24)18-23-4-3-15-32-23;1-25-17-7-3-15(4-8-17)13-22(27(23,24)19-11-12-20-21-19)14-16-5-9-18(26-2)10-6-16/h5-14,23H,3-4,15-18H2,1-2H3;3-12H,13-14H2,1-2H3,(H,20,21). The molecule has 2 aromatic heterocycles. The molecule has 3 heterocycles. The second-order valence-electron chi connectivity index (χ2n) is 13.9. The number of methoxy groups -OCH3 is 4. The molecular weight excluding hydrogens is 809 g/mol. The Balaban J connectivity index is 0.000000205. The summed E-state index contributed by atoms with van der Waals surface area (Å²) < 4.78 is 84.2. The summed E-state index contributed by atoms with van der Waals surface area (Å²) in [6.07, 6.45) is 5.19. The van der Waals surface area contributed by atoms with Gasteiger partial charge < -0.3 is 23.7 Å². The van der Waals surface area contributed by atoms with Crippen molar-refractivity contribution in [2.45, 2.75) is 61.7 Å². The van der Waals surface area contributed by atoms with Crippen molar-refractivity contribution >= 4 is 20.0 Å². The van der Waals surface area contributed by atoms with Crippen LogP contribution in [0.3, 0.4) is 0 Å². The van der Waals surface area contributed by atoms with E-state index in [1.54, 1.807) is 45.4 Å². The number of nitrogens with zero attached hydrogens (tertiary/aromatic N) is 5. The van der Waals surface area contributed by atoms with Gasteiger partial charge in [0.15, 0.2) is 10.1 Å². The van der Waals surface area contributed by atoms with E-state index in [0.29, 0.717) is 6.54 Å². The van der Waals surface area contributed by atoms with Crippen LogP contribution in [0.15, 0.2) is 132 Å². The van der Waals surface area contributed by atoms with Gasteiger partial charge in [-0.05, 0) is 95.8 Å². The van der Waals surface area contributed by atoms with Gasteiger partial charge in [-0.15, -0.1) is 0 Å². The van der Waals surface area contributed by atoms with Gasteiger partial charge in [-0.2, -0.15) is 18.8 Å². The zero-order chi connectivity index (χ0) is 42.5. The lowest BCUT2D eigenvalue weighted by atomic mass is 10.2. The largest absolute Gasteiger partial charge is 0.497 e. The van der Waals surface area contributed by atoms with E-state index in [-0.39, 0.29) is 42.3 Å². The number of sulfonamides is 2. The SMILES string of the molecule is COc1ccc(CN(Cc2ccc(OC)cc2)S(=O)(=O)c2ccn(CC3CCCO3)n2)cc1.COc1ccc(CN(Cc2ccc(OC)cc2)S(=O)(=O)c2ccn[nH]2)cc1. The van der Waals surface area contributed by atoms with Gasteiger partial charge >= 0.3 is 0 Å². The first-order valence-electron chi connectivity index (χ1n) is 19.2. The van der Waals surface area contributed by atoms with E-state index in [9.17, 15) is 16.8 Å². The number of rotatable bonds is 18. The quantitative estimate of drug-likeness (QED) is 0.103. The summed E-state index contributed by atoms with van der Waals surface area (Å²) in [5.74, 6) is 2.88. The van der Waals surface area contributed by atoms with E-state index >= 15 is 0 Å². The molecule has 0 spiro atoms. The fraction of sp³-hybridized carbons (Fsp3) is 0.302. The molecule has 0 bridgehead atoms. The highest BCUT2D eigenvalue weighted by atomic mass is 32.2.